The second-order valence-electron chi connectivity index (χ2n) is 12.8. The molecule has 0 aliphatic carbocycles. The largest absolute Gasteiger partial charge is 0.497 e. The number of hydrogen-bond donors (Lipinski definition) is 0. The molecule has 4 aromatic rings. The van der Waals surface area contributed by atoms with Crippen molar-refractivity contribution in [2.45, 2.75) is 39.5 Å². The van der Waals surface area contributed by atoms with Crippen LogP contribution in [0.2, 0.25) is 0 Å². The van der Waals surface area contributed by atoms with Crippen LogP contribution in [0.4, 0.5) is 0 Å². The molecule has 0 atom stereocenters. The fourth-order valence-electron chi connectivity index (χ4n) is 5.94. The van der Waals surface area contributed by atoms with Crippen molar-refractivity contribution in [1.82, 2.24) is 9.80 Å². The average molecular weight is 727 g/mol. The van der Waals surface area contributed by atoms with E-state index >= 15 is 0 Å². The molecule has 10 heteroatoms. The van der Waals surface area contributed by atoms with E-state index in [4.69, 9.17) is 28.9 Å². The summed E-state index contributed by atoms with van der Waals surface area (Å²) in [6.45, 7) is 5.85. The van der Waals surface area contributed by atoms with Crippen molar-refractivity contribution in [1.29, 1.82) is 0 Å². The van der Waals surface area contributed by atoms with Crippen LogP contribution in [0, 0.1) is 0 Å². The lowest BCUT2D eigenvalue weighted by Gasteiger charge is -2.24. The molecule has 0 bridgehead atoms. The molecule has 2 aliphatic heterocycles. The Hall–Kier alpha value is -6.16. The van der Waals surface area contributed by atoms with E-state index in [2.05, 4.69) is 13.8 Å². The maximum absolute atomic E-state index is 14.1. The van der Waals surface area contributed by atoms with Gasteiger partial charge < -0.3 is 18.9 Å². The van der Waals surface area contributed by atoms with Gasteiger partial charge in [0.15, 0.2) is 0 Å². The highest BCUT2D eigenvalue weighted by Crippen LogP contribution is 2.28. The zero-order valence-electron chi connectivity index (χ0n) is 31.3. The number of amides is 2. The van der Waals surface area contributed by atoms with E-state index in [1.54, 1.807) is 36.2 Å². The molecule has 0 saturated heterocycles. The molecule has 2 aliphatic rings. The molecule has 54 heavy (non-hydrogen) atoms. The molecule has 278 valence electrons. The summed E-state index contributed by atoms with van der Waals surface area (Å²) in [7, 11) is 3.22. The maximum atomic E-state index is 14.1. The van der Waals surface area contributed by atoms with Gasteiger partial charge in [-0.1, -0.05) is 51.0 Å². The van der Waals surface area contributed by atoms with Gasteiger partial charge in [-0.2, -0.15) is 0 Å². The van der Waals surface area contributed by atoms with Crippen LogP contribution in [-0.2, 0) is 9.59 Å². The average Bonchev–Trinajstić information content (AvgIpc) is 3.68. The summed E-state index contributed by atoms with van der Waals surface area (Å²) >= 11 is 0. The van der Waals surface area contributed by atoms with Crippen molar-refractivity contribution in [3.63, 3.8) is 0 Å². The minimum atomic E-state index is -0.267. The van der Waals surface area contributed by atoms with Crippen LogP contribution in [0.25, 0.3) is 12.2 Å². The second-order valence-corrected chi connectivity index (χ2v) is 12.8. The first-order valence-electron chi connectivity index (χ1n) is 18.4. The topological polar surface area (TPSA) is 102 Å². The van der Waals surface area contributed by atoms with E-state index in [0.29, 0.717) is 47.8 Å². The summed E-state index contributed by atoms with van der Waals surface area (Å²) in [6.07, 6.45) is 7.53. The number of rotatable bonds is 17. The van der Waals surface area contributed by atoms with E-state index in [1.807, 2.05) is 97.1 Å². The number of methoxy groups -OCH3 is 2. The summed E-state index contributed by atoms with van der Waals surface area (Å²) in [5, 5.41) is 0. The highest BCUT2D eigenvalue weighted by Gasteiger charge is 2.35. The van der Waals surface area contributed by atoms with Gasteiger partial charge in [0.1, 0.15) is 46.1 Å². The summed E-state index contributed by atoms with van der Waals surface area (Å²) in [4.78, 5) is 41.2. The fraction of sp³-hybridized carbons (Fsp3) is 0.273. The standard InChI is InChI=1S/C44H46N4O6/c1-5-7-27-53-37-21-13-33(14-22-37)41-45-39(29-31-9-17-35(51-3)18-10-31)43(49)47(41)25-26-48-42(34-15-23-38(24-16-34)54-28-8-6-2)46-40(44(48)50)30-32-11-19-36(52-4)20-12-32/h9-24,29-30H,5-8,25-28H2,1-4H3/b39-29-,40-30+. The number of carbonyl (C=O) groups is 2. The number of carbonyl (C=O) groups excluding carboxylic acids is 2. The molecule has 2 amide bonds. The van der Waals surface area contributed by atoms with E-state index in [0.717, 1.165) is 59.4 Å². The highest BCUT2D eigenvalue weighted by atomic mass is 16.5. The van der Waals surface area contributed by atoms with Gasteiger partial charge in [0, 0.05) is 24.2 Å². The van der Waals surface area contributed by atoms with Crippen LogP contribution in [0.15, 0.2) is 118 Å². The van der Waals surface area contributed by atoms with E-state index in [9.17, 15) is 9.59 Å². The number of aliphatic imine (C=N–C) groups is 2. The van der Waals surface area contributed by atoms with Crippen LogP contribution in [0.1, 0.15) is 61.8 Å². The third-order valence-electron chi connectivity index (χ3n) is 9.04. The van der Waals surface area contributed by atoms with Gasteiger partial charge in [-0.3, -0.25) is 19.4 Å². The van der Waals surface area contributed by atoms with Crippen molar-refractivity contribution in [3.8, 4) is 23.0 Å². The van der Waals surface area contributed by atoms with Gasteiger partial charge in [-0.15, -0.1) is 0 Å². The molecule has 0 N–H and O–H groups in total. The molecular weight excluding hydrogens is 681 g/mol. The van der Waals surface area contributed by atoms with Crippen molar-refractivity contribution in [3.05, 3.63) is 131 Å². The Kier molecular flexibility index (Phi) is 12.6. The van der Waals surface area contributed by atoms with E-state index < -0.39 is 0 Å². The molecule has 0 saturated carbocycles. The zero-order chi connectivity index (χ0) is 37.9. The SMILES string of the molecule is CCCCOc1ccc(C2=N/C(=C\c3ccc(OC)cc3)C(=O)N2CCN2C(=O)/C(=C\c3ccc(OC)cc3)N=C2c2ccc(OCCCC)cc2)cc1. The second kappa shape index (κ2) is 18.1. The minimum absolute atomic E-state index is 0.172. The Balaban J connectivity index is 1.30. The number of benzene rings is 4. The lowest BCUT2D eigenvalue weighted by Crippen LogP contribution is -2.42. The molecule has 2 heterocycles. The summed E-state index contributed by atoms with van der Waals surface area (Å²) in [6, 6.07) is 30.1. The Morgan fingerprint density at radius 1 is 0.519 bits per heavy atom. The predicted molar refractivity (Wildman–Crippen MR) is 212 cm³/mol. The first kappa shape index (κ1) is 37.6. The molecule has 4 aromatic carbocycles. The fourth-order valence-corrected chi connectivity index (χ4v) is 5.94. The van der Waals surface area contributed by atoms with Gasteiger partial charge in [0.2, 0.25) is 0 Å². The van der Waals surface area contributed by atoms with Gasteiger partial charge in [0.05, 0.1) is 27.4 Å². The Morgan fingerprint density at radius 3 is 1.20 bits per heavy atom. The van der Waals surface area contributed by atoms with Crippen LogP contribution in [0.5, 0.6) is 23.0 Å². The molecule has 0 radical (unpaired) electrons. The highest BCUT2D eigenvalue weighted by molar-refractivity contribution is 6.21. The summed E-state index contributed by atoms with van der Waals surface area (Å²) in [5.74, 6) is 3.38. The van der Waals surface area contributed by atoms with Gasteiger partial charge in [-0.05, 0) is 109 Å². The lowest BCUT2D eigenvalue weighted by atomic mass is 10.1. The lowest BCUT2D eigenvalue weighted by molar-refractivity contribution is -0.125. The molecule has 0 aromatic heterocycles. The van der Waals surface area contributed by atoms with Crippen molar-refractivity contribution < 1.29 is 28.5 Å². The number of unbranched alkanes of at least 4 members (excludes halogenated alkanes) is 2. The summed E-state index contributed by atoms with van der Waals surface area (Å²) in [5.41, 5.74) is 3.71. The monoisotopic (exact) mass is 726 g/mol. The third-order valence-corrected chi connectivity index (χ3v) is 9.04. The smallest absolute Gasteiger partial charge is 0.278 e. The molecule has 0 spiro atoms. The summed E-state index contributed by atoms with van der Waals surface area (Å²) < 4.78 is 22.4. The van der Waals surface area contributed by atoms with Crippen molar-refractivity contribution in [2.75, 3.05) is 40.5 Å². The van der Waals surface area contributed by atoms with Gasteiger partial charge in [0.25, 0.3) is 11.8 Å². The van der Waals surface area contributed by atoms with E-state index in [1.165, 1.54) is 0 Å². The molecule has 0 fully saturated rings. The minimum Gasteiger partial charge on any atom is -0.497 e. The zero-order valence-corrected chi connectivity index (χ0v) is 31.3. The molecule has 6 rings (SSSR count). The number of amidine groups is 2. The maximum Gasteiger partial charge on any atom is 0.278 e. The van der Waals surface area contributed by atoms with Crippen LogP contribution >= 0.6 is 0 Å². The Labute approximate surface area is 317 Å². The normalized spacial score (nSPS) is 15.6. The van der Waals surface area contributed by atoms with Crippen molar-refractivity contribution >= 4 is 35.6 Å². The number of hydrogen-bond acceptors (Lipinski definition) is 8. The molecule has 0 unspecified atom stereocenters. The first-order chi connectivity index (χ1) is 26.4. The van der Waals surface area contributed by atoms with Crippen LogP contribution in [0.3, 0.4) is 0 Å². The van der Waals surface area contributed by atoms with Crippen molar-refractivity contribution in [2.24, 2.45) is 9.98 Å². The number of ether oxygens (including phenoxy) is 4. The Morgan fingerprint density at radius 2 is 0.870 bits per heavy atom. The Bertz CT molecular complexity index is 1880. The van der Waals surface area contributed by atoms with Crippen LogP contribution < -0.4 is 18.9 Å². The van der Waals surface area contributed by atoms with Crippen LogP contribution in [-0.4, -0.2) is 73.8 Å². The quantitative estimate of drug-likeness (QED) is 0.0807. The predicted octanol–water partition coefficient (Wildman–Crippen LogP) is 8.02. The van der Waals surface area contributed by atoms with Gasteiger partial charge in [-0.25, -0.2) is 9.98 Å². The molecular formula is C44H46N4O6. The van der Waals surface area contributed by atoms with Gasteiger partial charge >= 0.3 is 0 Å². The third kappa shape index (κ3) is 9.06. The first-order valence-corrected chi connectivity index (χ1v) is 18.4. The van der Waals surface area contributed by atoms with E-state index in [-0.39, 0.29) is 24.9 Å². The number of nitrogens with zero attached hydrogens (tertiary/aromatic N) is 4. The molecule has 10 nitrogen and oxygen atoms in total.